The van der Waals surface area contributed by atoms with Crippen molar-refractivity contribution in [3.05, 3.63) is 63.9 Å². The molecule has 0 aliphatic rings. The summed E-state index contributed by atoms with van der Waals surface area (Å²) in [6.07, 6.45) is 0. The number of nitrogens with zero attached hydrogens (tertiary/aromatic N) is 1. The molecule has 3 nitrogen and oxygen atoms in total. The number of para-hydroxylation sites is 1. The van der Waals surface area contributed by atoms with Gasteiger partial charge in [0.25, 0.3) is 5.56 Å². The van der Waals surface area contributed by atoms with E-state index in [1.165, 1.54) is 0 Å². The maximum Gasteiger partial charge on any atom is 0.259 e. The zero-order valence-electron chi connectivity index (χ0n) is 10.9. The lowest BCUT2D eigenvalue weighted by molar-refractivity contribution is 1.16. The van der Waals surface area contributed by atoms with E-state index in [9.17, 15) is 4.79 Å². The molecule has 0 unspecified atom stereocenters. The number of nitrogens with one attached hydrogen (secondary N) is 1. The second kappa shape index (κ2) is 4.35. The first-order valence-electron chi connectivity index (χ1n) is 6.22. The summed E-state index contributed by atoms with van der Waals surface area (Å²) in [4.78, 5) is 19.6. The second-order valence-corrected chi connectivity index (χ2v) is 4.70. The van der Waals surface area contributed by atoms with Crippen molar-refractivity contribution in [1.82, 2.24) is 9.97 Å². The Balaban J connectivity index is 2.35. The summed E-state index contributed by atoms with van der Waals surface area (Å²) in [5, 5.41) is 0.623. The average molecular weight is 250 g/mol. The number of hydrogen-bond donors (Lipinski definition) is 1. The Kier molecular flexibility index (Phi) is 2.67. The predicted molar refractivity (Wildman–Crippen MR) is 77.3 cm³/mol. The highest BCUT2D eigenvalue weighted by Crippen LogP contribution is 2.24. The third kappa shape index (κ3) is 1.93. The van der Waals surface area contributed by atoms with E-state index in [-0.39, 0.29) is 5.56 Å². The van der Waals surface area contributed by atoms with Crippen LogP contribution in [0.25, 0.3) is 22.3 Å². The van der Waals surface area contributed by atoms with Gasteiger partial charge in [-0.15, -0.1) is 0 Å². The van der Waals surface area contributed by atoms with Gasteiger partial charge in [0.2, 0.25) is 0 Å². The minimum atomic E-state index is -0.0942. The topological polar surface area (TPSA) is 45.8 Å². The summed E-state index contributed by atoms with van der Waals surface area (Å²) in [6.45, 7) is 4.05. The maximum atomic E-state index is 12.1. The molecule has 0 saturated heterocycles. The molecule has 0 spiro atoms. The molecule has 1 N–H and O–H groups in total. The molecule has 0 radical (unpaired) electrons. The molecule has 0 saturated carbocycles. The number of aromatic nitrogens is 2. The molecule has 0 aliphatic heterocycles. The van der Waals surface area contributed by atoms with Crippen molar-refractivity contribution in [2.24, 2.45) is 0 Å². The van der Waals surface area contributed by atoms with Gasteiger partial charge in [0.05, 0.1) is 10.9 Å². The Hall–Kier alpha value is -2.42. The van der Waals surface area contributed by atoms with Gasteiger partial charge in [-0.25, -0.2) is 4.98 Å². The lowest BCUT2D eigenvalue weighted by Gasteiger charge is -2.09. The van der Waals surface area contributed by atoms with Crippen LogP contribution >= 0.6 is 0 Å². The second-order valence-electron chi connectivity index (χ2n) is 4.70. The number of H-pyrrole nitrogens is 1. The van der Waals surface area contributed by atoms with Gasteiger partial charge in [-0.1, -0.05) is 30.3 Å². The summed E-state index contributed by atoms with van der Waals surface area (Å²) in [7, 11) is 0. The van der Waals surface area contributed by atoms with Crippen LogP contribution in [-0.2, 0) is 0 Å². The van der Waals surface area contributed by atoms with E-state index < -0.39 is 0 Å². The predicted octanol–water partition coefficient (Wildman–Crippen LogP) is 3.21. The van der Waals surface area contributed by atoms with Crippen molar-refractivity contribution in [3.8, 4) is 11.4 Å². The van der Waals surface area contributed by atoms with Gasteiger partial charge in [0, 0.05) is 5.56 Å². The molecule has 3 aromatic rings. The summed E-state index contributed by atoms with van der Waals surface area (Å²) < 4.78 is 0. The van der Waals surface area contributed by atoms with Crippen LogP contribution in [-0.4, -0.2) is 9.97 Å². The monoisotopic (exact) mass is 250 g/mol. The first kappa shape index (κ1) is 11.7. The fourth-order valence-corrected chi connectivity index (χ4v) is 2.39. The van der Waals surface area contributed by atoms with Crippen LogP contribution in [0, 0.1) is 13.8 Å². The lowest BCUT2D eigenvalue weighted by atomic mass is 10.0. The van der Waals surface area contributed by atoms with E-state index in [1.54, 1.807) is 6.07 Å². The van der Waals surface area contributed by atoms with Gasteiger partial charge in [-0.05, 0) is 37.1 Å². The Bertz CT molecular complexity index is 798. The molecule has 0 bridgehead atoms. The molecule has 2 aromatic carbocycles. The minimum absolute atomic E-state index is 0.0942. The van der Waals surface area contributed by atoms with E-state index in [0.29, 0.717) is 11.2 Å². The Morgan fingerprint density at radius 3 is 2.37 bits per heavy atom. The molecule has 94 valence electrons. The first-order valence-corrected chi connectivity index (χ1v) is 6.22. The highest BCUT2D eigenvalue weighted by molar-refractivity contribution is 5.80. The number of aryl methyl sites for hydroxylation is 2. The van der Waals surface area contributed by atoms with Crippen molar-refractivity contribution in [3.63, 3.8) is 0 Å². The van der Waals surface area contributed by atoms with Crippen molar-refractivity contribution < 1.29 is 0 Å². The number of fused-ring (bicyclic) bond motifs is 1. The SMILES string of the molecule is Cc1cccc(C)c1-c1nc2ccccc2c(=O)[nH]1. The normalized spacial score (nSPS) is 10.8. The van der Waals surface area contributed by atoms with Crippen LogP contribution in [0.5, 0.6) is 0 Å². The van der Waals surface area contributed by atoms with Gasteiger partial charge in [0.1, 0.15) is 5.82 Å². The summed E-state index contributed by atoms with van der Waals surface area (Å²) >= 11 is 0. The van der Waals surface area contributed by atoms with Gasteiger partial charge in [-0.3, -0.25) is 4.79 Å². The maximum absolute atomic E-state index is 12.1. The number of rotatable bonds is 1. The van der Waals surface area contributed by atoms with Crippen LogP contribution in [0.2, 0.25) is 0 Å². The third-order valence-corrected chi connectivity index (χ3v) is 3.33. The van der Waals surface area contributed by atoms with Crippen molar-refractivity contribution >= 4 is 10.9 Å². The Labute approximate surface area is 111 Å². The van der Waals surface area contributed by atoms with Gasteiger partial charge < -0.3 is 4.98 Å². The molecule has 3 rings (SSSR count). The van der Waals surface area contributed by atoms with E-state index >= 15 is 0 Å². The molecule has 3 heteroatoms. The molecule has 0 amide bonds. The van der Waals surface area contributed by atoms with Crippen LogP contribution in [0.4, 0.5) is 0 Å². The van der Waals surface area contributed by atoms with Crippen LogP contribution in [0.1, 0.15) is 11.1 Å². The van der Waals surface area contributed by atoms with Gasteiger partial charge in [-0.2, -0.15) is 0 Å². The summed E-state index contributed by atoms with van der Waals surface area (Å²) in [5.74, 6) is 0.638. The number of benzene rings is 2. The lowest BCUT2D eigenvalue weighted by Crippen LogP contribution is -2.10. The zero-order chi connectivity index (χ0) is 13.4. The number of aromatic amines is 1. The highest BCUT2D eigenvalue weighted by Gasteiger charge is 2.09. The molecule has 0 atom stereocenters. The van der Waals surface area contributed by atoms with Gasteiger partial charge >= 0.3 is 0 Å². The Morgan fingerprint density at radius 2 is 1.63 bits per heavy atom. The van der Waals surface area contributed by atoms with Crippen molar-refractivity contribution in [2.75, 3.05) is 0 Å². The molecular weight excluding hydrogens is 236 g/mol. The average Bonchev–Trinajstić information content (AvgIpc) is 2.38. The smallest absolute Gasteiger partial charge is 0.259 e. The number of hydrogen-bond acceptors (Lipinski definition) is 2. The molecule has 0 fully saturated rings. The fraction of sp³-hybridized carbons (Fsp3) is 0.125. The quantitative estimate of drug-likeness (QED) is 0.720. The van der Waals surface area contributed by atoms with Gasteiger partial charge in [0.15, 0.2) is 0 Å². The molecular formula is C16H14N2O. The first-order chi connectivity index (χ1) is 9.16. The Morgan fingerprint density at radius 1 is 0.947 bits per heavy atom. The standard InChI is InChI=1S/C16H14N2O/c1-10-6-5-7-11(2)14(10)15-17-13-9-4-3-8-12(13)16(19)18-15/h3-9H,1-2H3,(H,17,18,19). The fourth-order valence-electron chi connectivity index (χ4n) is 2.39. The highest BCUT2D eigenvalue weighted by atomic mass is 16.1. The summed E-state index contributed by atoms with van der Waals surface area (Å²) in [6, 6.07) is 13.4. The minimum Gasteiger partial charge on any atom is -0.306 e. The van der Waals surface area contributed by atoms with Crippen molar-refractivity contribution in [2.45, 2.75) is 13.8 Å². The third-order valence-electron chi connectivity index (χ3n) is 3.33. The molecule has 1 aromatic heterocycles. The van der Waals surface area contributed by atoms with E-state index in [4.69, 9.17) is 0 Å². The molecule has 19 heavy (non-hydrogen) atoms. The largest absolute Gasteiger partial charge is 0.306 e. The van der Waals surface area contributed by atoms with Crippen LogP contribution < -0.4 is 5.56 Å². The summed E-state index contributed by atoms with van der Waals surface area (Å²) in [5.41, 5.74) is 3.86. The zero-order valence-corrected chi connectivity index (χ0v) is 10.9. The van der Waals surface area contributed by atoms with E-state index in [1.807, 2.05) is 50.2 Å². The van der Waals surface area contributed by atoms with Crippen molar-refractivity contribution in [1.29, 1.82) is 0 Å². The molecule has 0 aliphatic carbocycles. The molecule has 1 heterocycles. The van der Waals surface area contributed by atoms with E-state index in [2.05, 4.69) is 9.97 Å². The van der Waals surface area contributed by atoms with E-state index in [0.717, 1.165) is 22.2 Å². The van der Waals surface area contributed by atoms with Crippen LogP contribution in [0.3, 0.4) is 0 Å². The van der Waals surface area contributed by atoms with Crippen LogP contribution in [0.15, 0.2) is 47.3 Å².